The van der Waals surface area contributed by atoms with E-state index in [9.17, 15) is 15.0 Å². The molecule has 10 atom stereocenters. The first kappa shape index (κ1) is 23.9. The van der Waals surface area contributed by atoms with Crippen molar-refractivity contribution < 1.29 is 19.7 Å². The lowest BCUT2D eigenvalue weighted by molar-refractivity contribution is -0.192. The molecule has 0 aromatic heterocycles. The van der Waals surface area contributed by atoms with Crippen molar-refractivity contribution in [1.29, 1.82) is 0 Å². The molecule has 192 valence electrons. The normalized spacial score (nSPS) is 58.0. The summed E-state index contributed by atoms with van der Waals surface area (Å²) in [7, 11) is 0. The molecule has 0 bridgehead atoms. The number of hydrogen-bond donors (Lipinski definition) is 2. The molecule has 34 heavy (non-hydrogen) atoms. The maximum Gasteiger partial charge on any atom is 0.138 e. The van der Waals surface area contributed by atoms with Gasteiger partial charge in [0.25, 0.3) is 0 Å². The van der Waals surface area contributed by atoms with Gasteiger partial charge in [-0.15, -0.1) is 0 Å². The van der Waals surface area contributed by atoms with E-state index in [0.29, 0.717) is 28.4 Å². The number of rotatable bonds is 2. The molecule has 0 aromatic carbocycles. The number of ketones is 1. The van der Waals surface area contributed by atoms with Crippen molar-refractivity contribution in [3.63, 3.8) is 0 Å². The summed E-state index contributed by atoms with van der Waals surface area (Å²) in [5, 5.41) is 22.4. The lowest BCUT2D eigenvalue weighted by Gasteiger charge is -2.63. The van der Waals surface area contributed by atoms with Crippen molar-refractivity contribution in [2.45, 2.75) is 136 Å². The minimum atomic E-state index is -0.855. The fourth-order valence-corrected chi connectivity index (χ4v) is 11.9. The number of ether oxygens (including phenoxy) is 1. The summed E-state index contributed by atoms with van der Waals surface area (Å²) in [4.78, 5) is 12.9. The first-order valence-corrected chi connectivity index (χ1v) is 14.2. The smallest absolute Gasteiger partial charge is 0.138 e. The van der Waals surface area contributed by atoms with Crippen molar-refractivity contribution in [3.8, 4) is 0 Å². The van der Waals surface area contributed by atoms with Crippen molar-refractivity contribution in [1.82, 2.24) is 0 Å². The first-order chi connectivity index (χ1) is 15.6. The third-order valence-electron chi connectivity index (χ3n) is 13.6. The number of Topliss-reactive ketones (excluding diaryl/α,β-unsaturated/α-hetero) is 1. The highest BCUT2D eigenvalue weighted by Crippen LogP contribution is 2.89. The van der Waals surface area contributed by atoms with Gasteiger partial charge in [-0.3, -0.25) is 4.79 Å². The van der Waals surface area contributed by atoms with Crippen LogP contribution in [0.5, 0.6) is 0 Å². The van der Waals surface area contributed by atoms with E-state index < -0.39 is 11.2 Å². The molecule has 1 saturated heterocycles. The maximum absolute atomic E-state index is 12.9. The number of fused-ring (bicyclic) bond motifs is 2. The van der Waals surface area contributed by atoms with Gasteiger partial charge in [-0.25, -0.2) is 0 Å². The molecule has 0 unspecified atom stereocenters. The van der Waals surface area contributed by atoms with Crippen LogP contribution in [0.25, 0.3) is 0 Å². The van der Waals surface area contributed by atoms with Gasteiger partial charge in [0.1, 0.15) is 5.78 Å². The van der Waals surface area contributed by atoms with Crippen LogP contribution in [0.1, 0.15) is 113 Å². The molecule has 2 N–H and O–H groups in total. The third-order valence-corrected chi connectivity index (χ3v) is 13.6. The summed E-state index contributed by atoms with van der Waals surface area (Å²) in [6.45, 7) is 15.4. The molecule has 2 spiro atoms. The Morgan fingerprint density at radius 2 is 1.53 bits per heavy atom. The highest BCUT2D eigenvalue weighted by atomic mass is 16.5. The molecule has 1 heterocycles. The molecular formula is C30H48O4. The Balaban J connectivity index is 1.35. The number of carbonyl (C=O) groups excluding carboxylic acids is 1. The van der Waals surface area contributed by atoms with Gasteiger partial charge in [0, 0.05) is 17.8 Å². The lowest BCUT2D eigenvalue weighted by atomic mass is 9.41. The predicted octanol–water partition coefficient (Wildman–Crippen LogP) is 5.67. The Hall–Kier alpha value is -0.450. The second-order valence-electron chi connectivity index (χ2n) is 15.5. The van der Waals surface area contributed by atoms with Gasteiger partial charge in [-0.1, -0.05) is 27.7 Å². The van der Waals surface area contributed by atoms with Gasteiger partial charge in [0.05, 0.1) is 23.4 Å². The lowest BCUT2D eigenvalue weighted by Crippen LogP contribution is -2.59. The van der Waals surface area contributed by atoms with E-state index in [1.165, 1.54) is 25.7 Å². The van der Waals surface area contributed by atoms with Crippen molar-refractivity contribution in [3.05, 3.63) is 0 Å². The molecule has 5 saturated carbocycles. The quantitative estimate of drug-likeness (QED) is 0.543. The average molecular weight is 473 g/mol. The summed E-state index contributed by atoms with van der Waals surface area (Å²) >= 11 is 0. The first-order valence-electron chi connectivity index (χ1n) is 14.2. The zero-order chi connectivity index (χ0) is 24.7. The van der Waals surface area contributed by atoms with Crippen LogP contribution < -0.4 is 0 Å². The fraction of sp³-hybridized carbons (Fsp3) is 0.967. The molecule has 6 rings (SSSR count). The Labute approximate surface area is 206 Å². The summed E-state index contributed by atoms with van der Waals surface area (Å²) < 4.78 is 6.67. The fourth-order valence-electron chi connectivity index (χ4n) is 11.9. The van der Waals surface area contributed by atoms with E-state index in [4.69, 9.17) is 4.74 Å². The molecule has 0 radical (unpaired) electrons. The number of hydrogen-bond acceptors (Lipinski definition) is 4. The molecule has 1 aliphatic heterocycles. The van der Waals surface area contributed by atoms with E-state index in [1.807, 2.05) is 13.8 Å². The minimum absolute atomic E-state index is 0.0300. The van der Waals surface area contributed by atoms with Crippen molar-refractivity contribution in [2.24, 2.45) is 44.8 Å². The standard InChI is InChI=1S/C30H48O4/c1-24(2)19-8-9-20-27(6)16-18(31)23(28(7)12-11-22(34-28)25(3,4)33)26(27,5)14-15-30(20)17-29(19,30)13-10-21(24)32/h18-20,22-23,31,33H,8-17H2,1-7H3/t18-,19-,20-,22+,23-,26+,27-,28-,29+,30-/m0/s1. The van der Waals surface area contributed by atoms with Gasteiger partial charge < -0.3 is 14.9 Å². The van der Waals surface area contributed by atoms with E-state index in [1.54, 1.807) is 0 Å². The van der Waals surface area contributed by atoms with Crippen LogP contribution >= 0.6 is 0 Å². The topological polar surface area (TPSA) is 66.8 Å². The zero-order valence-electron chi connectivity index (χ0n) is 22.7. The molecule has 6 aliphatic rings. The van der Waals surface area contributed by atoms with Crippen LogP contribution in [0.15, 0.2) is 0 Å². The molecule has 4 heteroatoms. The highest BCUT2D eigenvalue weighted by Gasteiger charge is 2.83. The van der Waals surface area contributed by atoms with Crippen LogP contribution in [0.4, 0.5) is 0 Å². The molecule has 0 aromatic rings. The van der Waals surface area contributed by atoms with E-state index in [2.05, 4.69) is 34.6 Å². The van der Waals surface area contributed by atoms with Gasteiger partial charge in [0.15, 0.2) is 0 Å². The van der Waals surface area contributed by atoms with Crippen LogP contribution in [0.2, 0.25) is 0 Å². The second kappa shape index (κ2) is 6.51. The van der Waals surface area contributed by atoms with Crippen LogP contribution in [0.3, 0.4) is 0 Å². The molecule has 4 nitrogen and oxygen atoms in total. The van der Waals surface area contributed by atoms with Gasteiger partial charge in [-0.2, -0.15) is 0 Å². The third kappa shape index (κ3) is 2.55. The van der Waals surface area contributed by atoms with Crippen LogP contribution in [-0.2, 0) is 9.53 Å². The van der Waals surface area contributed by atoms with Crippen molar-refractivity contribution in [2.75, 3.05) is 0 Å². The van der Waals surface area contributed by atoms with Gasteiger partial charge in [-0.05, 0) is 112 Å². The summed E-state index contributed by atoms with van der Waals surface area (Å²) in [5.74, 6) is 1.76. The largest absolute Gasteiger partial charge is 0.393 e. The Bertz CT molecular complexity index is 919. The van der Waals surface area contributed by atoms with E-state index in [-0.39, 0.29) is 34.4 Å². The number of aliphatic hydroxyl groups is 2. The summed E-state index contributed by atoms with van der Waals surface area (Å²) in [6.07, 6.45) is 10.1. The van der Waals surface area contributed by atoms with Crippen molar-refractivity contribution >= 4 is 5.78 Å². The summed E-state index contributed by atoms with van der Waals surface area (Å²) in [6, 6.07) is 0. The van der Waals surface area contributed by atoms with Gasteiger partial charge in [0.2, 0.25) is 0 Å². The van der Waals surface area contributed by atoms with E-state index in [0.717, 1.165) is 38.5 Å². The Morgan fingerprint density at radius 3 is 2.18 bits per heavy atom. The summed E-state index contributed by atoms with van der Waals surface area (Å²) in [5.41, 5.74) is -0.560. The monoisotopic (exact) mass is 472 g/mol. The maximum atomic E-state index is 12.9. The average Bonchev–Trinajstić information content (AvgIpc) is 3.11. The number of carbonyl (C=O) groups is 1. The van der Waals surface area contributed by atoms with Crippen LogP contribution in [-0.4, -0.2) is 39.4 Å². The molecular weight excluding hydrogens is 424 g/mol. The molecule has 0 amide bonds. The Morgan fingerprint density at radius 1 is 0.882 bits per heavy atom. The Kier molecular flexibility index (Phi) is 4.58. The van der Waals surface area contributed by atoms with Crippen LogP contribution in [0, 0.1) is 44.8 Å². The van der Waals surface area contributed by atoms with Gasteiger partial charge >= 0.3 is 0 Å². The number of aliphatic hydroxyl groups excluding tert-OH is 1. The van der Waals surface area contributed by atoms with E-state index >= 15 is 0 Å². The molecule has 5 aliphatic carbocycles. The SMILES string of the molecule is CC(C)(O)[C@H]1CC[C@@](C)([C@H]2[C@@H](O)C[C@@]3(C)[C@@H]4CC[C@H]5C(C)(C)C(=O)CC[C@@]56C[C@@]46CC[C@]23C)O1. The molecule has 6 fully saturated rings. The zero-order valence-corrected chi connectivity index (χ0v) is 22.7. The minimum Gasteiger partial charge on any atom is -0.393 e. The highest BCUT2D eigenvalue weighted by molar-refractivity contribution is 5.86. The predicted molar refractivity (Wildman–Crippen MR) is 132 cm³/mol. The second-order valence-corrected chi connectivity index (χ2v) is 15.5.